The maximum atomic E-state index is 10.8. The Morgan fingerprint density at radius 2 is 1.90 bits per heavy atom. The summed E-state index contributed by atoms with van der Waals surface area (Å²) in [5, 5.41) is 0.399. The van der Waals surface area contributed by atoms with Crippen molar-refractivity contribution in [3.05, 3.63) is 58.1 Å². The number of aryl methyl sites for hydroxylation is 1. The van der Waals surface area contributed by atoms with Crippen LogP contribution in [0.5, 0.6) is 11.5 Å². The zero-order chi connectivity index (χ0) is 14.7. The molecule has 0 heterocycles. The minimum Gasteiger partial charge on any atom is -0.457 e. The van der Waals surface area contributed by atoms with Crippen LogP contribution in [0, 0.1) is 6.92 Å². The molecule has 0 saturated heterocycles. The number of hydrogen-bond acceptors (Lipinski definition) is 2. The Balaban J connectivity index is 2.36. The second-order valence-electron chi connectivity index (χ2n) is 5.10. The van der Waals surface area contributed by atoms with E-state index in [0.717, 1.165) is 23.2 Å². The zero-order valence-electron chi connectivity index (χ0n) is 11.8. The van der Waals surface area contributed by atoms with Crippen LogP contribution in [0.2, 0.25) is 5.02 Å². The number of hydrogen-bond donors (Lipinski definition) is 0. The summed E-state index contributed by atoms with van der Waals surface area (Å²) in [6.45, 7) is 6.28. The fourth-order valence-corrected chi connectivity index (χ4v) is 2.22. The molecule has 0 saturated carbocycles. The van der Waals surface area contributed by atoms with Crippen molar-refractivity contribution in [2.75, 3.05) is 0 Å². The fraction of sp³-hybridized carbons (Fsp3) is 0.235. The average Bonchev–Trinajstić information content (AvgIpc) is 2.38. The van der Waals surface area contributed by atoms with Gasteiger partial charge in [-0.1, -0.05) is 37.6 Å². The number of halogens is 1. The van der Waals surface area contributed by atoms with Gasteiger partial charge in [-0.2, -0.15) is 0 Å². The second-order valence-corrected chi connectivity index (χ2v) is 5.51. The average molecular weight is 289 g/mol. The van der Waals surface area contributed by atoms with Crippen LogP contribution in [0.25, 0.3) is 0 Å². The Morgan fingerprint density at radius 1 is 1.15 bits per heavy atom. The minimum absolute atomic E-state index is 0.371. The van der Waals surface area contributed by atoms with Crippen LogP contribution >= 0.6 is 11.6 Å². The molecule has 0 amide bonds. The number of aldehydes is 1. The Labute approximate surface area is 124 Å². The van der Waals surface area contributed by atoms with E-state index in [0.29, 0.717) is 22.3 Å². The van der Waals surface area contributed by atoms with Gasteiger partial charge in [-0.3, -0.25) is 4.79 Å². The molecule has 0 N–H and O–H groups in total. The number of ether oxygens (including phenoxy) is 1. The Kier molecular flexibility index (Phi) is 4.46. The van der Waals surface area contributed by atoms with Gasteiger partial charge in [0, 0.05) is 11.6 Å². The predicted octanol–water partition coefficient (Wildman–Crippen LogP) is 5.38. The number of carbonyl (C=O) groups excluding carboxylic acids is 1. The lowest BCUT2D eigenvalue weighted by Crippen LogP contribution is -1.95. The molecule has 0 aliphatic heterocycles. The molecule has 0 atom stereocenters. The topological polar surface area (TPSA) is 26.3 Å². The number of carbonyl (C=O) groups is 1. The number of rotatable bonds is 4. The van der Waals surface area contributed by atoms with Gasteiger partial charge in [-0.15, -0.1) is 0 Å². The van der Waals surface area contributed by atoms with E-state index in [4.69, 9.17) is 16.3 Å². The molecule has 0 unspecified atom stereocenters. The van der Waals surface area contributed by atoms with Gasteiger partial charge in [0.2, 0.25) is 0 Å². The quantitative estimate of drug-likeness (QED) is 0.706. The van der Waals surface area contributed by atoms with Gasteiger partial charge in [0.25, 0.3) is 0 Å². The van der Waals surface area contributed by atoms with Crippen molar-refractivity contribution in [3.8, 4) is 11.5 Å². The summed E-state index contributed by atoms with van der Waals surface area (Å²) in [6, 6.07) is 11.2. The van der Waals surface area contributed by atoms with Gasteiger partial charge in [0.1, 0.15) is 11.5 Å². The van der Waals surface area contributed by atoms with E-state index in [1.807, 2.05) is 13.0 Å². The molecular formula is C17H17ClO2. The highest BCUT2D eigenvalue weighted by Crippen LogP contribution is 2.32. The molecule has 20 heavy (non-hydrogen) atoms. The highest BCUT2D eigenvalue weighted by Gasteiger charge is 2.10. The first-order valence-corrected chi connectivity index (χ1v) is 6.92. The zero-order valence-corrected chi connectivity index (χ0v) is 12.6. The summed E-state index contributed by atoms with van der Waals surface area (Å²) in [5.74, 6) is 1.83. The first-order chi connectivity index (χ1) is 9.51. The molecule has 0 aliphatic carbocycles. The summed E-state index contributed by atoms with van der Waals surface area (Å²) < 4.78 is 5.93. The van der Waals surface area contributed by atoms with E-state index >= 15 is 0 Å². The standard InChI is InChI=1S/C17H17ClO2/c1-11(2)15-7-4-12(3)8-17(15)20-14-6-5-13(10-19)16(18)9-14/h4-11H,1-3H3. The summed E-state index contributed by atoms with van der Waals surface area (Å²) >= 11 is 6.02. The van der Waals surface area contributed by atoms with E-state index in [9.17, 15) is 4.79 Å². The lowest BCUT2D eigenvalue weighted by atomic mass is 10.0. The van der Waals surface area contributed by atoms with Crippen molar-refractivity contribution in [1.82, 2.24) is 0 Å². The molecule has 2 rings (SSSR count). The second kappa shape index (κ2) is 6.10. The molecule has 3 heteroatoms. The Morgan fingerprint density at radius 3 is 2.50 bits per heavy atom. The van der Waals surface area contributed by atoms with Crippen LogP contribution in [-0.4, -0.2) is 6.29 Å². The monoisotopic (exact) mass is 288 g/mol. The first kappa shape index (κ1) is 14.6. The summed E-state index contributed by atoms with van der Waals surface area (Å²) in [4.78, 5) is 10.8. The summed E-state index contributed by atoms with van der Waals surface area (Å²) in [6.07, 6.45) is 0.734. The van der Waals surface area contributed by atoms with E-state index in [-0.39, 0.29) is 0 Å². The van der Waals surface area contributed by atoms with E-state index in [1.165, 1.54) is 0 Å². The van der Waals surface area contributed by atoms with Crippen molar-refractivity contribution in [3.63, 3.8) is 0 Å². The van der Waals surface area contributed by atoms with Crippen LogP contribution < -0.4 is 4.74 Å². The number of benzene rings is 2. The van der Waals surface area contributed by atoms with Crippen LogP contribution in [-0.2, 0) is 0 Å². The molecule has 0 fully saturated rings. The molecule has 2 aromatic rings. The van der Waals surface area contributed by atoms with Gasteiger partial charge in [0.05, 0.1) is 5.02 Å². The Bertz CT molecular complexity index is 633. The minimum atomic E-state index is 0.371. The normalized spacial score (nSPS) is 10.7. The first-order valence-electron chi connectivity index (χ1n) is 6.54. The molecule has 0 radical (unpaired) electrons. The lowest BCUT2D eigenvalue weighted by molar-refractivity contribution is 0.112. The lowest BCUT2D eigenvalue weighted by Gasteiger charge is -2.15. The smallest absolute Gasteiger partial charge is 0.151 e. The van der Waals surface area contributed by atoms with Gasteiger partial charge in [-0.05, 0) is 42.2 Å². The van der Waals surface area contributed by atoms with Crippen molar-refractivity contribution >= 4 is 17.9 Å². The summed E-state index contributed by atoms with van der Waals surface area (Å²) in [7, 11) is 0. The predicted molar refractivity (Wildman–Crippen MR) is 82.2 cm³/mol. The Hall–Kier alpha value is -1.80. The SMILES string of the molecule is Cc1ccc(C(C)C)c(Oc2ccc(C=O)c(Cl)c2)c1. The third kappa shape index (κ3) is 3.20. The van der Waals surface area contributed by atoms with Crippen LogP contribution in [0.4, 0.5) is 0 Å². The van der Waals surface area contributed by atoms with E-state index in [2.05, 4.69) is 26.0 Å². The maximum Gasteiger partial charge on any atom is 0.151 e. The van der Waals surface area contributed by atoms with E-state index in [1.54, 1.807) is 18.2 Å². The highest BCUT2D eigenvalue weighted by molar-refractivity contribution is 6.33. The fourth-order valence-electron chi connectivity index (χ4n) is 2.00. The molecule has 0 aromatic heterocycles. The molecule has 0 aliphatic rings. The largest absolute Gasteiger partial charge is 0.457 e. The van der Waals surface area contributed by atoms with E-state index < -0.39 is 0 Å². The molecule has 0 bridgehead atoms. The van der Waals surface area contributed by atoms with Gasteiger partial charge in [-0.25, -0.2) is 0 Å². The highest BCUT2D eigenvalue weighted by atomic mass is 35.5. The third-order valence-corrected chi connectivity index (χ3v) is 3.45. The van der Waals surface area contributed by atoms with Crippen LogP contribution in [0.3, 0.4) is 0 Å². The van der Waals surface area contributed by atoms with Gasteiger partial charge >= 0.3 is 0 Å². The molecular weight excluding hydrogens is 272 g/mol. The molecule has 2 aromatic carbocycles. The van der Waals surface area contributed by atoms with Crippen molar-refractivity contribution < 1.29 is 9.53 Å². The maximum absolute atomic E-state index is 10.8. The van der Waals surface area contributed by atoms with Crippen molar-refractivity contribution in [2.24, 2.45) is 0 Å². The van der Waals surface area contributed by atoms with Crippen LogP contribution in [0.1, 0.15) is 41.3 Å². The van der Waals surface area contributed by atoms with Crippen LogP contribution in [0.15, 0.2) is 36.4 Å². The molecule has 104 valence electrons. The molecule has 0 spiro atoms. The van der Waals surface area contributed by atoms with Gasteiger partial charge < -0.3 is 4.74 Å². The third-order valence-electron chi connectivity index (χ3n) is 3.12. The summed E-state index contributed by atoms with van der Waals surface area (Å²) in [5.41, 5.74) is 2.75. The van der Waals surface area contributed by atoms with Crippen molar-refractivity contribution in [2.45, 2.75) is 26.7 Å². The van der Waals surface area contributed by atoms with Crippen molar-refractivity contribution in [1.29, 1.82) is 0 Å². The van der Waals surface area contributed by atoms with Gasteiger partial charge in [0.15, 0.2) is 6.29 Å². The molecule has 2 nitrogen and oxygen atoms in total.